The van der Waals surface area contributed by atoms with Gasteiger partial charge in [-0.2, -0.15) is 0 Å². The van der Waals surface area contributed by atoms with Crippen molar-refractivity contribution in [2.45, 2.75) is 136 Å². The Bertz CT molecular complexity index is 574. The Morgan fingerprint density at radius 2 is 1.60 bits per heavy atom. The number of hydrogen-bond acceptors (Lipinski definition) is 3. The predicted molar refractivity (Wildman–Crippen MR) is 159 cm³/mol. The van der Waals surface area contributed by atoms with Crippen molar-refractivity contribution in [2.24, 2.45) is 29.6 Å². The molecule has 0 aliphatic heterocycles. The molecule has 2 rings (SSSR count). The first kappa shape index (κ1) is 31.7. The van der Waals surface area contributed by atoms with Crippen LogP contribution < -0.4 is 0 Å². The SMILES string of the molecule is CCCCC(CO[Si](C)(C)C)C(CC1CC2CC(C[Si]OC(CC)COCCC)C1C2)[Si](C)(C)C. The number of hydrogen-bond donors (Lipinski definition) is 0. The molecule has 206 valence electrons. The Morgan fingerprint density at radius 1 is 0.886 bits per heavy atom. The van der Waals surface area contributed by atoms with Crippen molar-refractivity contribution in [1.82, 2.24) is 0 Å². The fourth-order valence-corrected chi connectivity index (χ4v) is 11.5. The number of unbranched alkanes of at least 4 members (excludes halogenated alkanes) is 1. The van der Waals surface area contributed by atoms with E-state index in [0.29, 0.717) is 9.76 Å². The second kappa shape index (κ2) is 15.2. The average molecular weight is 541 g/mol. The van der Waals surface area contributed by atoms with Gasteiger partial charge in [-0.3, -0.25) is 0 Å². The first-order chi connectivity index (χ1) is 16.5. The van der Waals surface area contributed by atoms with Gasteiger partial charge < -0.3 is 13.6 Å². The van der Waals surface area contributed by atoms with Gasteiger partial charge in [-0.15, -0.1) is 0 Å². The van der Waals surface area contributed by atoms with Crippen LogP contribution in [-0.4, -0.2) is 52.1 Å². The summed E-state index contributed by atoms with van der Waals surface area (Å²) < 4.78 is 18.7. The summed E-state index contributed by atoms with van der Waals surface area (Å²) in [5.41, 5.74) is 0.897. The van der Waals surface area contributed by atoms with Crippen LogP contribution in [0.15, 0.2) is 0 Å². The normalized spacial score (nSPS) is 27.3. The third-order valence-corrected chi connectivity index (χ3v) is 13.8. The quantitative estimate of drug-likeness (QED) is 0.121. The molecule has 0 heterocycles. The molecule has 35 heavy (non-hydrogen) atoms. The molecule has 0 aromatic rings. The molecule has 7 atom stereocenters. The molecular weight excluding hydrogens is 481 g/mol. The molecule has 2 aliphatic carbocycles. The van der Waals surface area contributed by atoms with Crippen molar-refractivity contribution < 1.29 is 13.6 Å². The van der Waals surface area contributed by atoms with Gasteiger partial charge in [0.15, 0.2) is 8.32 Å². The average Bonchev–Trinajstić information content (AvgIpc) is 3.36. The summed E-state index contributed by atoms with van der Waals surface area (Å²) in [6, 6.07) is 1.29. The van der Waals surface area contributed by atoms with Crippen molar-refractivity contribution in [2.75, 3.05) is 19.8 Å². The van der Waals surface area contributed by atoms with E-state index < -0.39 is 16.4 Å². The zero-order valence-corrected chi connectivity index (χ0v) is 28.0. The van der Waals surface area contributed by atoms with E-state index >= 15 is 0 Å². The molecule has 6 heteroatoms. The Kier molecular flexibility index (Phi) is 13.8. The lowest BCUT2D eigenvalue weighted by atomic mass is 9.77. The van der Waals surface area contributed by atoms with Crippen LogP contribution in [-0.2, 0) is 13.6 Å². The zero-order chi connectivity index (χ0) is 26.1. The molecule has 7 unspecified atom stereocenters. The molecule has 0 saturated heterocycles. The third kappa shape index (κ3) is 11.0. The van der Waals surface area contributed by atoms with E-state index in [9.17, 15) is 0 Å². The van der Waals surface area contributed by atoms with Gasteiger partial charge in [0.1, 0.15) is 0 Å². The van der Waals surface area contributed by atoms with Crippen molar-refractivity contribution in [3.8, 4) is 0 Å². The van der Waals surface area contributed by atoms with Crippen LogP contribution in [0.4, 0.5) is 0 Å². The first-order valence-electron chi connectivity index (χ1n) is 15.1. The molecule has 2 bridgehead atoms. The maximum atomic E-state index is 6.57. The molecule has 2 radical (unpaired) electrons. The minimum Gasteiger partial charge on any atom is -0.417 e. The van der Waals surface area contributed by atoms with Gasteiger partial charge in [-0.25, -0.2) is 0 Å². The largest absolute Gasteiger partial charge is 0.417 e. The van der Waals surface area contributed by atoms with Crippen LogP contribution in [0.5, 0.6) is 0 Å². The lowest BCUT2D eigenvalue weighted by molar-refractivity contribution is 0.0494. The Balaban J connectivity index is 1.96. The summed E-state index contributed by atoms with van der Waals surface area (Å²) >= 11 is 0. The molecule has 0 aromatic carbocycles. The summed E-state index contributed by atoms with van der Waals surface area (Å²) in [6.07, 6.45) is 12.4. The summed E-state index contributed by atoms with van der Waals surface area (Å²) in [5.74, 6) is 4.57. The number of fused-ring (bicyclic) bond motifs is 2. The van der Waals surface area contributed by atoms with Crippen LogP contribution in [0.2, 0.25) is 50.9 Å². The first-order valence-corrected chi connectivity index (χ1v) is 23.2. The van der Waals surface area contributed by atoms with Crippen LogP contribution >= 0.6 is 0 Å². The molecule has 0 N–H and O–H groups in total. The molecule has 2 fully saturated rings. The Labute approximate surface area is 224 Å². The highest BCUT2D eigenvalue weighted by molar-refractivity contribution is 6.77. The highest BCUT2D eigenvalue weighted by Gasteiger charge is 2.48. The predicted octanol–water partition coefficient (Wildman–Crippen LogP) is 8.66. The monoisotopic (exact) mass is 540 g/mol. The van der Waals surface area contributed by atoms with Gasteiger partial charge in [0.05, 0.1) is 12.7 Å². The number of ether oxygens (including phenoxy) is 1. The van der Waals surface area contributed by atoms with E-state index in [2.05, 4.69) is 60.1 Å². The van der Waals surface area contributed by atoms with Crippen LogP contribution in [0.1, 0.15) is 78.6 Å². The van der Waals surface area contributed by atoms with Crippen molar-refractivity contribution >= 4 is 26.2 Å². The van der Waals surface area contributed by atoms with Gasteiger partial charge in [0.2, 0.25) is 9.76 Å². The van der Waals surface area contributed by atoms with E-state index in [0.717, 1.165) is 67.8 Å². The van der Waals surface area contributed by atoms with Gasteiger partial charge in [0.25, 0.3) is 0 Å². The highest BCUT2D eigenvalue weighted by Crippen LogP contribution is 2.56. The van der Waals surface area contributed by atoms with Gasteiger partial charge in [-0.1, -0.05) is 53.3 Å². The molecule has 2 aliphatic rings. The standard InChI is InChI=1S/C29H60O3Si3/c1-10-13-14-24(20-31-35(7,8)9)29(34(4,5)6)19-25-16-23-17-26(28(25)18-23)22-33-32-27(12-3)21-30-15-11-2/h23-29H,10-22H2,1-9H3. The van der Waals surface area contributed by atoms with Gasteiger partial charge in [0, 0.05) is 21.3 Å². The molecule has 2 saturated carbocycles. The second-order valence-corrected chi connectivity index (χ2v) is 24.8. The van der Waals surface area contributed by atoms with Crippen molar-refractivity contribution in [3.63, 3.8) is 0 Å². The summed E-state index contributed by atoms with van der Waals surface area (Å²) in [7, 11) is -2.10. The zero-order valence-electron chi connectivity index (χ0n) is 25.0. The summed E-state index contributed by atoms with van der Waals surface area (Å²) in [6.45, 7) is 24.4. The highest BCUT2D eigenvalue weighted by atomic mass is 28.4. The van der Waals surface area contributed by atoms with E-state index in [1.807, 2.05) is 0 Å². The van der Waals surface area contributed by atoms with E-state index in [-0.39, 0.29) is 6.10 Å². The summed E-state index contributed by atoms with van der Waals surface area (Å²) in [4.78, 5) is 0. The summed E-state index contributed by atoms with van der Waals surface area (Å²) in [5, 5.41) is 0. The lowest BCUT2D eigenvalue weighted by Crippen LogP contribution is -2.39. The van der Waals surface area contributed by atoms with Crippen LogP contribution in [0.3, 0.4) is 0 Å². The Hall–Kier alpha value is 0.531. The maximum Gasteiger partial charge on any atom is 0.230 e. The molecule has 0 spiro atoms. The Morgan fingerprint density at radius 3 is 2.17 bits per heavy atom. The second-order valence-electron chi connectivity index (χ2n) is 13.9. The van der Waals surface area contributed by atoms with Crippen LogP contribution in [0, 0.1) is 29.6 Å². The molecule has 0 aromatic heterocycles. The van der Waals surface area contributed by atoms with Crippen molar-refractivity contribution in [1.29, 1.82) is 0 Å². The van der Waals surface area contributed by atoms with Crippen LogP contribution in [0.25, 0.3) is 0 Å². The van der Waals surface area contributed by atoms with E-state index in [4.69, 9.17) is 13.6 Å². The van der Waals surface area contributed by atoms with E-state index in [1.165, 1.54) is 51.0 Å². The smallest absolute Gasteiger partial charge is 0.230 e. The molecule has 3 nitrogen and oxygen atoms in total. The fraction of sp³-hybridized carbons (Fsp3) is 1.00. The maximum absolute atomic E-state index is 6.57. The van der Waals surface area contributed by atoms with Gasteiger partial charge in [-0.05, 0) is 106 Å². The fourth-order valence-electron chi connectivity index (χ4n) is 6.83. The van der Waals surface area contributed by atoms with E-state index in [1.54, 1.807) is 0 Å². The topological polar surface area (TPSA) is 27.7 Å². The number of rotatable bonds is 19. The minimum absolute atomic E-state index is 0.288. The van der Waals surface area contributed by atoms with Gasteiger partial charge >= 0.3 is 0 Å². The lowest BCUT2D eigenvalue weighted by Gasteiger charge is -2.41. The minimum atomic E-state index is -1.48. The third-order valence-electron chi connectivity index (χ3n) is 8.69. The van der Waals surface area contributed by atoms with Crippen molar-refractivity contribution in [3.05, 3.63) is 0 Å². The molecular formula is C29H60O3Si3. The molecule has 0 amide bonds.